The number of nitrogens with one attached hydrogen (secondary N) is 1. The molecule has 0 aliphatic carbocycles. The Hall–Kier alpha value is -3.41. The van der Waals surface area contributed by atoms with Crippen molar-refractivity contribution in [3.63, 3.8) is 0 Å². The van der Waals surface area contributed by atoms with Crippen molar-refractivity contribution in [1.29, 1.82) is 0 Å². The van der Waals surface area contributed by atoms with Crippen LogP contribution in [0.2, 0.25) is 0 Å². The number of fused-ring (bicyclic) bond motifs is 1. The van der Waals surface area contributed by atoms with E-state index in [-0.39, 0.29) is 0 Å². The van der Waals surface area contributed by atoms with E-state index in [0.29, 0.717) is 12.4 Å². The largest absolute Gasteiger partial charge is 0.481 e. The lowest BCUT2D eigenvalue weighted by Gasteiger charge is -2.12. The third kappa shape index (κ3) is 3.29. The normalized spacial score (nSPS) is 11.0. The summed E-state index contributed by atoms with van der Waals surface area (Å²) >= 11 is 0. The number of hydrogen-bond acceptors (Lipinski definition) is 5. The number of ether oxygens (including phenoxy) is 1. The highest BCUT2D eigenvalue weighted by Crippen LogP contribution is 2.27. The fourth-order valence-electron chi connectivity index (χ4n) is 3.42. The van der Waals surface area contributed by atoms with Gasteiger partial charge in [-0.2, -0.15) is 5.10 Å². The molecular weight excluding hydrogens is 350 g/mol. The number of para-hydroxylation sites is 1. The topological polar surface area (TPSA) is 64.9 Å². The SMILES string of the molecule is CCc1nn(C)c(OC)c1CNc1nc(-c2ccccc2)nc2ccccc12. The first kappa shape index (κ1) is 18.0. The quantitative estimate of drug-likeness (QED) is 0.548. The van der Waals surface area contributed by atoms with E-state index in [1.807, 2.05) is 61.6 Å². The molecule has 0 saturated heterocycles. The van der Waals surface area contributed by atoms with Crippen molar-refractivity contribution in [2.24, 2.45) is 7.05 Å². The van der Waals surface area contributed by atoms with Gasteiger partial charge >= 0.3 is 0 Å². The molecule has 0 spiro atoms. The van der Waals surface area contributed by atoms with Crippen LogP contribution in [0.4, 0.5) is 5.82 Å². The average molecular weight is 373 g/mol. The molecule has 0 aliphatic rings. The van der Waals surface area contributed by atoms with Crippen molar-refractivity contribution < 1.29 is 4.74 Å². The molecule has 4 aromatic rings. The molecule has 4 rings (SSSR count). The maximum atomic E-state index is 5.56. The van der Waals surface area contributed by atoms with Crippen molar-refractivity contribution in [2.75, 3.05) is 12.4 Å². The highest BCUT2D eigenvalue weighted by Gasteiger charge is 2.16. The van der Waals surface area contributed by atoms with Crippen LogP contribution in [0.5, 0.6) is 5.88 Å². The van der Waals surface area contributed by atoms with Gasteiger partial charge in [0, 0.05) is 24.5 Å². The molecule has 6 heteroatoms. The van der Waals surface area contributed by atoms with Crippen LogP contribution in [0.1, 0.15) is 18.2 Å². The molecule has 6 nitrogen and oxygen atoms in total. The van der Waals surface area contributed by atoms with E-state index < -0.39 is 0 Å². The molecule has 0 atom stereocenters. The summed E-state index contributed by atoms with van der Waals surface area (Å²) in [4.78, 5) is 9.55. The van der Waals surface area contributed by atoms with Crippen molar-refractivity contribution in [2.45, 2.75) is 19.9 Å². The zero-order valence-electron chi connectivity index (χ0n) is 16.3. The van der Waals surface area contributed by atoms with E-state index in [4.69, 9.17) is 14.7 Å². The molecule has 142 valence electrons. The monoisotopic (exact) mass is 373 g/mol. The number of aromatic nitrogens is 4. The lowest BCUT2D eigenvalue weighted by atomic mass is 10.1. The number of aryl methyl sites for hydroxylation is 2. The Labute approximate surface area is 164 Å². The first-order valence-electron chi connectivity index (χ1n) is 9.36. The first-order chi connectivity index (χ1) is 13.7. The second kappa shape index (κ2) is 7.68. The van der Waals surface area contributed by atoms with Gasteiger partial charge in [0.15, 0.2) is 5.82 Å². The molecule has 0 radical (unpaired) electrons. The fraction of sp³-hybridized carbons (Fsp3) is 0.227. The van der Waals surface area contributed by atoms with Gasteiger partial charge in [-0.25, -0.2) is 14.6 Å². The van der Waals surface area contributed by atoms with Crippen LogP contribution >= 0.6 is 0 Å². The molecule has 2 heterocycles. The van der Waals surface area contributed by atoms with Gasteiger partial charge in [-0.05, 0) is 18.6 Å². The molecule has 0 saturated carbocycles. The van der Waals surface area contributed by atoms with Crippen molar-refractivity contribution >= 4 is 16.7 Å². The summed E-state index contributed by atoms with van der Waals surface area (Å²) in [5.74, 6) is 2.28. The third-order valence-corrected chi connectivity index (χ3v) is 4.77. The van der Waals surface area contributed by atoms with E-state index in [1.54, 1.807) is 11.8 Å². The zero-order valence-corrected chi connectivity index (χ0v) is 16.3. The van der Waals surface area contributed by atoms with Gasteiger partial charge in [-0.15, -0.1) is 0 Å². The maximum Gasteiger partial charge on any atom is 0.216 e. The number of benzene rings is 2. The van der Waals surface area contributed by atoms with Gasteiger partial charge in [-0.1, -0.05) is 49.4 Å². The Morgan fingerprint density at radius 3 is 2.50 bits per heavy atom. The predicted octanol–water partition coefficient (Wildman–Crippen LogP) is 4.21. The summed E-state index contributed by atoms with van der Waals surface area (Å²) in [5.41, 5.74) is 3.97. The summed E-state index contributed by atoms with van der Waals surface area (Å²) in [6.07, 6.45) is 0.841. The molecule has 0 amide bonds. The van der Waals surface area contributed by atoms with Crippen molar-refractivity contribution in [1.82, 2.24) is 19.7 Å². The summed E-state index contributed by atoms with van der Waals surface area (Å²) in [6.45, 7) is 2.67. The van der Waals surface area contributed by atoms with Crippen LogP contribution < -0.4 is 10.1 Å². The highest BCUT2D eigenvalue weighted by molar-refractivity contribution is 5.90. The summed E-state index contributed by atoms with van der Waals surface area (Å²) in [5, 5.41) is 9.04. The van der Waals surface area contributed by atoms with Crippen molar-refractivity contribution in [3.05, 3.63) is 65.9 Å². The summed E-state index contributed by atoms with van der Waals surface area (Å²) < 4.78 is 7.34. The zero-order chi connectivity index (χ0) is 19.5. The fourth-order valence-corrected chi connectivity index (χ4v) is 3.42. The Bertz CT molecular complexity index is 1100. The Balaban J connectivity index is 1.75. The van der Waals surface area contributed by atoms with E-state index in [2.05, 4.69) is 17.3 Å². The van der Waals surface area contributed by atoms with Crippen molar-refractivity contribution in [3.8, 4) is 17.3 Å². The number of methoxy groups -OCH3 is 1. The molecule has 0 fully saturated rings. The Kier molecular flexibility index (Phi) is 4.93. The van der Waals surface area contributed by atoms with Gasteiger partial charge in [0.05, 0.1) is 23.9 Å². The van der Waals surface area contributed by atoms with Gasteiger partial charge in [0.1, 0.15) is 5.82 Å². The molecule has 0 aliphatic heterocycles. The lowest BCUT2D eigenvalue weighted by Crippen LogP contribution is -2.06. The maximum absolute atomic E-state index is 5.56. The molecule has 1 N–H and O–H groups in total. The van der Waals surface area contributed by atoms with Gasteiger partial charge in [-0.3, -0.25) is 0 Å². The number of rotatable bonds is 6. The van der Waals surface area contributed by atoms with Crippen LogP contribution in [0.3, 0.4) is 0 Å². The minimum absolute atomic E-state index is 0.579. The minimum Gasteiger partial charge on any atom is -0.481 e. The molecule has 2 aromatic carbocycles. The highest BCUT2D eigenvalue weighted by atomic mass is 16.5. The number of nitrogens with zero attached hydrogens (tertiary/aromatic N) is 4. The molecule has 2 aromatic heterocycles. The van der Waals surface area contributed by atoms with Gasteiger partial charge < -0.3 is 10.1 Å². The van der Waals surface area contributed by atoms with E-state index in [9.17, 15) is 0 Å². The van der Waals surface area contributed by atoms with Crippen LogP contribution in [0.25, 0.3) is 22.3 Å². The molecular formula is C22H23N5O. The summed E-state index contributed by atoms with van der Waals surface area (Å²) in [7, 11) is 3.57. The van der Waals surface area contributed by atoms with Crippen LogP contribution in [-0.2, 0) is 20.0 Å². The predicted molar refractivity (Wildman–Crippen MR) is 111 cm³/mol. The second-order valence-electron chi connectivity index (χ2n) is 6.54. The number of hydrogen-bond donors (Lipinski definition) is 1. The van der Waals surface area contributed by atoms with Gasteiger partial charge in [0.2, 0.25) is 5.88 Å². The Morgan fingerprint density at radius 2 is 1.75 bits per heavy atom. The Morgan fingerprint density at radius 1 is 1.00 bits per heavy atom. The number of anilines is 1. The lowest BCUT2D eigenvalue weighted by molar-refractivity contribution is 0.370. The summed E-state index contributed by atoms with van der Waals surface area (Å²) in [6, 6.07) is 18.1. The average Bonchev–Trinajstić information content (AvgIpc) is 3.06. The van der Waals surface area contributed by atoms with Crippen LogP contribution in [-0.4, -0.2) is 26.9 Å². The van der Waals surface area contributed by atoms with Crippen LogP contribution in [0, 0.1) is 0 Å². The van der Waals surface area contributed by atoms with Crippen LogP contribution in [0.15, 0.2) is 54.6 Å². The smallest absolute Gasteiger partial charge is 0.216 e. The van der Waals surface area contributed by atoms with Gasteiger partial charge in [0.25, 0.3) is 0 Å². The second-order valence-corrected chi connectivity index (χ2v) is 6.54. The minimum atomic E-state index is 0.579. The van der Waals surface area contributed by atoms with E-state index >= 15 is 0 Å². The van der Waals surface area contributed by atoms with E-state index in [1.165, 1.54) is 0 Å². The first-order valence-corrected chi connectivity index (χ1v) is 9.36. The van der Waals surface area contributed by atoms with E-state index in [0.717, 1.165) is 45.8 Å². The molecule has 28 heavy (non-hydrogen) atoms. The standard InChI is InChI=1S/C22H23N5O/c1-4-18-17(22(28-3)27(2)26-18)14-23-21-16-12-8-9-13-19(16)24-20(25-21)15-10-6-5-7-11-15/h5-13H,4,14H2,1-3H3,(H,23,24,25). The molecule has 0 unspecified atom stereocenters. The molecule has 0 bridgehead atoms. The third-order valence-electron chi connectivity index (χ3n) is 4.77.